The quantitative estimate of drug-likeness (QED) is 0.279. The Morgan fingerprint density at radius 3 is 0.324 bits per heavy atom. The molecule has 3 saturated heterocycles. The van der Waals surface area contributed by atoms with Crippen molar-refractivity contribution in [3.05, 3.63) is 0 Å². The van der Waals surface area contributed by atoms with E-state index in [0.717, 1.165) is 125 Å². The van der Waals surface area contributed by atoms with Gasteiger partial charge < -0.3 is 0 Å². The van der Waals surface area contributed by atoms with Gasteiger partial charge in [-0.05, 0) is 212 Å². The van der Waals surface area contributed by atoms with Crippen LogP contribution in [0.5, 0.6) is 0 Å². The second-order valence-electron chi connectivity index (χ2n) is 26.9. The van der Waals surface area contributed by atoms with E-state index < -0.39 is 0 Å². The molecule has 0 unspecified atom stereocenters. The Morgan fingerprint density at radius 1 is 0.157 bits per heavy atom. The molecule has 0 bridgehead atoms. The van der Waals surface area contributed by atoms with E-state index >= 15 is 0 Å². The van der Waals surface area contributed by atoms with Gasteiger partial charge in [-0.25, -0.2) is 0 Å². The summed E-state index contributed by atoms with van der Waals surface area (Å²) in [4.78, 5) is 8.21. The molecular weight excluding hydrogens is 1230 g/mol. The van der Waals surface area contributed by atoms with Gasteiger partial charge in [0.1, 0.15) is 0 Å². The summed E-state index contributed by atoms with van der Waals surface area (Å²) >= 11 is 0. The van der Waals surface area contributed by atoms with Crippen LogP contribution in [0.15, 0.2) is 0 Å². The summed E-state index contributed by atoms with van der Waals surface area (Å²) in [5.41, 5.74) is 0. The number of rotatable bonds is 3. The predicted octanol–water partition coefficient (Wildman–Crippen LogP) is 38.6. The minimum atomic E-state index is 0. The number of hydrogen-bond acceptors (Lipinski definition) is 3. The fourth-order valence-corrected chi connectivity index (χ4v) is 13.6. The van der Waals surface area contributed by atoms with Crippen LogP contribution in [0.4, 0.5) is 0 Å². The number of nitrogens with zero attached hydrogens (tertiary/aromatic N) is 3. The third-order valence-corrected chi connectivity index (χ3v) is 21.3. The summed E-state index contributed by atoms with van der Waals surface area (Å²) < 4.78 is 0. The molecule has 6 fully saturated rings. The van der Waals surface area contributed by atoms with Gasteiger partial charge in [-0.15, -0.1) is 0 Å². The van der Waals surface area contributed by atoms with Crippen LogP contribution in [0.3, 0.4) is 0 Å². The van der Waals surface area contributed by atoms with Crippen LogP contribution in [-0.4, -0.2) is 64.2 Å². The lowest BCUT2D eigenvalue weighted by Gasteiger charge is -2.53. The van der Waals surface area contributed by atoms with Crippen LogP contribution in [0.2, 0.25) is 0 Å². The highest BCUT2D eigenvalue weighted by molar-refractivity contribution is 4.93. The van der Waals surface area contributed by atoms with Crippen LogP contribution in [0.1, 0.15) is 506 Å². The van der Waals surface area contributed by atoms with Gasteiger partial charge >= 0.3 is 0 Å². The maximum Gasteiger partial charge on any atom is 0.0516 e. The maximum atomic E-state index is 2.79. The predicted molar refractivity (Wildman–Crippen MR) is 517 cm³/mol. The van der Waals surface area contributed by atoms with Crippen LogP contribution in [-0.2, 0) is 0 Å². The summed E-state index contributed by atoms with van der Waals surface area (Å²) in [7, 11) is 0. The lowest BCUT2D eigenvalue weighted by Crippen LogP contribution is -2.60. The van der Waals surface area contributed by atoms with Crippen molar-refractivity contribution in [2.75, 3.05) is 13.2 Å². The van der Waals surface area contributed by atoms with E-state index in [-0.39, 0.29) is 89.1 Å². The summed E-state index contributed by atoms with van der Waals surface area (Å²) in [6.07, 6.45) is 14.1. The van der Waals surface area contributed by atoms with Crippen molar-refractivity contribution < 1.29 is 0 Å². The average molecular weight is 1480 g/mol. The highest BCUT2D eigenvalue weighted by Crippen LogP contribution is 2.40. The Hall–Kier alpha value is -0.120. The van der Waals surface area contributed by atoms with Gasteiger partial charge in [-0.2, -0.15) is 0 Å². The van der Waals surface area contributed by atoms with Crippen molar-refractivity contribution in [2.24, 2.45) is 107 Å². The molecule has 3 saturated carbocycles. The topological polar surface area (TPSA) is 9.72 Å². The molecule has 6 aliphatic rings. The van der Waals surface area contributed by atoms with E-state index in [1.54, 1.807) is 0 Å². The molecule has 3 aliphatic heterocycles. The molecule has 0 radical (unpaired) electrons. The van der Waals surface area contributed by atoms with Gasteiger partial charge in [0, 0.05) is 36.3 Å². The molecule has 660 valence electrons. The van der Waals surface area contributed by atoms with E-state index in [2.05, 4.69) is 202 Å². The molecule has 3 nitrogen and oxygen atoms in total. The Labute approximate surface area is 673 Å². The van der Waals surface area contributed by atoms with Gasteiger partial charge in [0.2, 0.25) is 0 Å². The zero-order chi connectivity index (χ0) is 75.1. The summed E-state index contributed by atoms with van der Waals surface area (Å²) in [6, 6.07) is 4.40. The molecule has 3 heterocycles. The lowest BCUT2D eigenvalue weighted by molar-refractivity contribution is -0.0690. The second kappa shape index (κ2) is 117. The fraction of sp³-hybridized carbons (Fsp3) is 1.00. The molecule has 0 amide bonds. The van der Waals surface area contributed by atoms with E-state index in [1.807, 2.05) is 166 Å². The van der Waals surface area contributed by atoms with Gasteiger partial charge in [0.15, 0.2) is 0 Å². The Bertz CT molecular complexity index is 1020. The molecule has 102 heavy (non-hydrogen) atoms. The highest BCUT2D eigenvalue weighted by atomic mass is 15.4. The first-order valence-electron chi connectivity index (χ1n) is 41.8. The van der Waals surface area contributed by atoms with Gasteiger partial charge in [0.05, 0.1) is 6.67 Å². The van der Waals surface area contributed by atoms with Crippen LogP contribution < -0.4 is 0 Å². The SMILES string of the molecule is C.C.C.C.C.C.C.C.C.C.C.C.CC.CC.CC.CC.CC.CC.CC.CC.CC.CC.CC.CC.CCC.CCN1[C@H](C)[C@H](C)C[C@H](C)[C@@H]1C.C[C@@H]1C[C@H](C)[C@H](C)C[C@@H]1C.C[C@@H]1C[C@H](C)[C@H](C)C[C@@H]1C.C[C@@H]1C[C@H](C)[C@H](C)C[C@@H]1C.C[C@@H]1C[C@H](C)[C@H](C)N(CN2[C@H](C)[C@H](C)C[C@H](C)[C@@H]2C)[C@@H]1C. The smallest absolute Gasteiger partial charge is 0.0516 e. The summed E-state index contributed by atoms with van der Waals surface area (Å²) in [5.74, 6) is 16.6. The van der Waals surface area contributed by atoms with Crippen molar-refractivity contribution in [3.63, 3.8) is 0 Å². The lowest BCUT2D eigenvalue weighted by atomic mass is 9.71. The molecule has 6 rings (SSSR count). The zero-order valence-corrected chi connectivity index (χ0v) is 74.7. The number of likely N-dealkylation sites (tertiary alicyclic amines) is 3. The van der Waals surface area contributed by atoms with Crippen molar-refractivity contribution in [2.45, 2.75) is 543 Å². The van der Waals surface area contributed by atoms with Crippen LogP contribution in [0, 0.1) is 107 Å². The largest absolute Gasteiger partial charge is 0.298 e. The van der Waals surface area contributed by atoms with Crippen molar-refractivity contribution in [1.82, 2.24) is 14.7 Å². The first kappa shape index (κ1) is 171. The minimum absolute atomic E-state index is 0. The first-order valence-corrected chi connectivity index (χ1v) is 41.8. The monoisotopic (exact) mass is 1480 g/mol. The van der Waals surface area contributed by atoms with E-state index in [9.17, 15) is 0 Å². The van der Waals surface area contributed by atoms with Gasteiger partial charge in [-0.3, -0.25) is 14.7 Å². The second-order valence-corrected chi connectivity index (χ2v) is 26.9. The molecule has 3 aliphatic carbocycles. The number of hydrogen-bond donors (Lipinski definition) is 0. The van der Waals surface area contributed by atoms with E-state index in [0.29, 0.717) is 24.2 Å². The molecule has 0 spiro atoms. The van der Waals surface area contributed by atoms with Crippen molar-refractivity contribution in [1.29, 1.82) is 0 Å². The first-order chi connectivity index (χ1) is 42.6. The third kappa shape index (κ3) is 75.3. The summed E-state index contributed by atoms with van der Waals surface area (Å²) in [5, 5.41) is 0. The Balaban J connectivity index is -0.0000000309. The van der Waals surface area contributed by atoms with Gasteiger partial charge in [0.25, 0.3) is 0 Å². The number of piperidine rings is 3. The van der Waals surface area contributed by atoms with Gasteiger partial charge in [-0.1, -0.05) is 407 Å². The molecule has 24 atom stereocenters. The average Bonchev–Trinajstić information content (AvgIpc) is 0.796. The normalized spacial score (nSPS) is 31.0. The highest BCUT2D eigenvalue weighted by Gasteiger charge is 2.40. The molecule has 0 aromatic rings. The zero-order valence-electron chi connectivity index (χ0n) is 74.7. The molecular formula is C99H249N3. The third-order valence-electron chi connectivity index (χ3n) is 21.3. The minimum Gasteiger partial charge on any atom is -0.298 e. The maximum absolute atomic E-state index is 2.79. The van der Waals surface area contributed by atoms with Crippen LogP contribution in [0.25, 0.3) is 0 Å². The summed E-state index contributed by atoms with van der Waals surface area (Å²) in [6.45, 7) is 115. The molecule has 0 aromatic heterocycles. The standard InChI is InChI=1S/C19H38N2.C11H23N.3C10H20.C3H8.12C2H6.12CH4/c1-12-9-13(2)17(6)20(16(12)5)11-21-18(7)14(3)10-15(4)19(21)8;1-6-12-10(4)8(2)7-9(3)11(12)5;3*1-7-5-9(3)10(4)6-8(7)2;1-3-2;12*1-2;;;;;;;;;;;;/h12-19H,9-11H2,1-8H3;8-11H,6-7H2,1-5H3;3*7-10H,5-6H2,1-4H3;3H2,1-2H3;12*1-2H3;12*1H4/t12-,13+,14-,15+,16-,17+,18-,19+;8-,9+,10-,11+;3*7-,8+,9+,10-;;;;;;;;;;;;;;;;;;;;;;;;;. The van der Waals surface area contributed by atoms with Crippen molar-refractivity contribution >= 4 is 0 Å². The van der Waals surface area contributed by atoms with E-state index in [1.165, 1.54) is 70.8 Å². The van der Waals surface area contributed by atoms with Crippen molar-refractivity contribution in [3.8, 4) is 0 Å². The van der Waals surface area contributed by atoms with E-state index in [4.69, 9.17) is 0 Å². The molecule has 0 N–H and O–H groups in total. The fourth-order valence-electron chi connectivity index (χ4n) is 13.6. The Morgan fingerprint density at radius 2 is 0.235 bits per heavy atom. The molecule has 3 heteroatoms. The molecule has 0 aromatic carbocycles. The van der Waals surface area contributed by atoms with Crippen LogP contribution >= 0.6 is 0 Å². The Kier molecular flexibility index (Phi) is 196.